The van der Waals surface area contributed by atoms with Crippen LogP contribution in [0.2, 0.25) is 0 Å². The first-order valence-corrected chi connectivity index (χ1v) is 6.88. The zero-order chi connectivity index (χ0) is 13.1. The van der Waals surface area contributed by atoms with Crippen molar-refractivity contribution >= 4 is 22.4 Å². The number of carbonyl (C=O) groups excluding carboxylic acids is 1. The van der Waals surface area contributed by atoms with E-state index in [0.29, 0.717) is 13.1 Å². The second-order valence-electron chi connectivity index (χ2n) is 3.38. The minimum absolute atomic E-state index is 0.431. The number of benzene rings is 1. The Morgan fingerprint density at radius 1 is 1.41 bits per heavy atom. The fourth-order valence-electron chi connectivity index (χ4n) is 1.25. The maximum absolute atomic E-state index is 9.18. The van der Waals surface area contributed by atoms with E-state index in [0.717, 1.165) is 5.92 Å². The van der Waals surface area contributed by atoms with Crippen molar-refractivity contribution in [2.45, 2.75) is 39.5 Å². The topological polar surface area (TPSA) is 26.3 Å². The molecule has 17 heavy (non-hydrogen) atoms. The Morgan fingerprint density at radius 2 is 2.06 bits per heavy atom. The highest BCUT2D eigenvalue weighted by atomic mass is 79.9. The molecule has 0 unspecified atom stereocenters. The van der Waals surface area contributed by atoms with Crippen LogP contribution in [0.5, 0.6) is 0 Å². The quantitative estimate of drug-likeness (QED) is 0.767. The van der Waals surface area contributed by atoms with Gasteiger partial charge in [-0.2, -0.15) is 0 Å². The van der Waals surface area contributed by atoms with E-state index >= 15 is 0 Å². The molecule has 1 aromatic rings. The van der Waals surface area contributed by atoms with Crippen LogP contribution in [-0.4, -0.2) is 13.1 Å². The van der Waals surface area contributed by atoms with Crippen LogP contribution in [0.25, 0.3) is 0 Å². The lowest BCUT2D eigenvalue weighted by molar-refractivity contribution is -0.128. The molecule has 0 aromatic heterocycles. The molecule has 0 N–H and O–H groups in total. The van der Waals surface area contributed by atoms with Crippen LogP contribution in [-0.2, 0) is 9.53 Å². The maximum Gasteiger partial charge on any atom is 0.293 e. The van der Waals surface area contributed by atoms with Crippen molar-refractivity contribution in [1.82, 2.24) is 0 Å². The molecular weight excluding hydrogens is 280 g/mol. The van der Waals surface area contributed by atoms with Crippen molar-refractivity contribution in [3.8, 4) is 0 Å². The summed E-state index contributed by atoms with van der Waals surface area (Å²) < 4.78 is 5.36. The summed E-state index contributed by atoms with van der Waals surface area (Å²) in [5, 5.41) is 0. The van der Waals surface area contributed by atoms with Crippen LogP contribution in [0.1, 0.15) is 45.1 Å². The Hall–Kier alpha value is -0.830. The van der Waals surface area contributed by atoms with Gasteiger partial charge in [-0.25, -0.2) is 0 Å². The first-order valence-electron chi connectivity index (χ1n) is 6.08. The van der Waals surface area contributed by atoms with Gasteiger partial charge in [0.05, 0.1) is 6.61 Å². The van der Waals surface area contributed by atoms with Crippen molar-refractivity contribution in [1.29, 1.82) is 0 Å². The van der Waals surface area contributed by atoms with Gasteiger partial charge in [0.25, 0.3) is 6.47 Å². The van der Waals surface area contributed by atoms with Crippen molar-refractivity contribution in [2.24, 2.45) is 0 Å². The average molecular weight is 301 g/mol. The van der Waals surface area contributed by atoms with E-state index in [9.17, 15) is 4.79 Å². The highest BCUT2D eigenvalue weighted by molar-refractivity contribution is 9.10. The van der Waals surface area contributed by atoms with E-state index in [2.05, 4.69) is 44.9 Å². The number of hydrogen-bond donors (Lipinski definition) is 0. The van der Waals surface area contributed by atoms with Crippen LogP contribution >= 0.6 is 15.9 Å². The van der Waals surface area contributed by atoms with Gasteiger partial charge in [0.2, 0.25) is 0 Å². The van der Waals surface area contributed by atoms with E-state index in [-0.39, 0.29) is 0 Å². The van der Waals surface area contributed by atoms with Crippen molar-refractivity contribution in [3.63, 3.8) is 0 Å². The summed E-state index contributed by atoms with van der Waals surface area (Å²) >= 11 is 3.46. The Morgan fingerprint density at radius 3 is 2.41 bits per heavy atom. The number of ether oxygens (including phenoxy) is 1. The van der Waals surface area contributed by atoms with E-state index in [1.165, 1.54) is 22.9 Å². The molecule has 0 spiro atoms. The van der Waals surface area contributed by atoms with Gasteiger partial charge in [-0.15, -0.1) is 0 Å². The second-order valence-corrected chi connectivity index (χ2v) is 4.30. The molecule has 0 amide bonds. The lowest BCUT2D eigenvalue weighted by Gasteiger charge is -1.96. The van der Waals surface area contributed by atoms with Gasteiger partial charge >= 0.3 is 0 Å². The molecule has 0 atom stereocenters. The second kappa shape index (κ2) is 10.3. The summed E-state index contributed by atoms with van der Waals surface area (Å²) in [5.74, 6) is 0.873. The fraction of sp³-hybridized carbons (Fsp3) is 0.500. The monoisotopic (exact) mass is 300 g/mol. The van der Waals surface area contributed by atoms with E-state index < -0.39 is 0 Å². The summed E-state index contributed by atoms with van der Waals surface area (Å²) in [6, 6.07) is 8.61. The zero-order valence-electron chi connectivity index (χ0n) is 10.8. The average Bonchev–Trinajstić information content (AvgIpc) is 3.17. The van der Waals surface area contributed by atoms with Crippen LogP contribution in [0, 0.1) is 0 Å². The van der Waals surface area contributed by atoms with Crippen molar-refractivity contribution in [2.75, 3.05) is 6.61 Å². The van der Waals surface area contributed by atoms with Gasteiger partial charge in [0, 0.05) is 4.47 Å². The van der Waals surface area contributed by atoms with Crippen molar-refractivity contribution in [3.05, 3.63) is 34.3 Å². The summed E-state index contributed by atoms with van der Waals surface area (Å²) in [7, 11) is 0. The predicted molar refractivity (Wildman–Crippen MR) is 75.2 cm³/mol. The lowest BCUT2D eigenvalue weighted by Crippen LogP contribution is -1.80. The van der Waals surface area contributed by atoms with Gasteiger partial charge in [0.15, 0.2) is 0 Å². The summed E-state index contributed by atoms with van der Waals surface area (Å²) in [6.07, 6.45) is 2.77. The third kappa shape index (κ3) is 7.97. The normalized spacial score (nSPS) is 12.5. The first-order chi connectivity index (χ1) is 8.27. The SMILES string of the molecule is Brc1cccc(C2CC2)c1.CC.CCOC=O. The Balaban J connectivity index is 0.000000315. The molecular formula is C14H21BrO2. The molecule has 0 saturated heterocycles. The maximum atomic E-state index is 9.18. The molecule has 2 nitrogen and oxygen atoms in total. The highest BCUT2D eigenvalue weighted by Gasteiger charge is 2.22. The molecule has 1 fully saturated rings. The molecule has 1 aromatic carbocycles. The zero-order valence-corrected chi connectivity index (χ0v) is 12.4. The Labute approximate surface area is 112 Å². The Bertz CT molecular complexity index is 309. The smallest absolute Gasteiger partial charge is 0.293 e. The molecule has 3 heteroatoms. The summed E-state index contributed by atoms with van der Waals surface area (Å²) in [5.41, 5.74) is 1.49. The van der Waals surface area contributed by atoms with Gasteiger partial charge in [-0.1, -0.05) is 41.9 Å². The van der Waals surface area contributed by atoms with Gasteiger partial charge < -0.3 is 4.74 Å². The Kier molecular flexibility index (Phi) is 9.83. The van der Waals surface area contributed by atoms with E-state index in [1.807, 2.05) is 13.8 Å². The molecule has 0 heterocycles. The fourth-order valence-corrected chi connectivity index (χ4v) is 1.66. The van der Waals surface area contributed by atoms with E-state index in [4.69, 9.17) is 0 Å². The third-order valence-electron chi connectivity index (χ3n) is 2.13. The number of halogens is 1. The number of rotatable bonds is 3. The molecule has 0 bridgehead atoms. The molecule has 96 valence electrons. The third-order valence-corrected chi connectivity index (χ3v) is 2.63. The lowest BCUT2D eigenvalue weighted by atomic mass is 10.1. The molecule has 2 rings (SSSR count). The highest BCUT2D eigenvalue weighted by Crippen LogP contribution is 2.40. The molecule has 0 radical (unpaired) electrons. The van der Waals surface area contributed by atoms with Crippen molar-refractivity contribution < 1.29 is 9.53 Å². The van der Waals surface area contributed by atoms with Crippen LogP contribution in [0.15, 0.2) is 28.7 Å². The molecule has 0 aliphatic heterocycles. The minimum atomic E-state index is 0.431. The van der Waals surface area contributed by atoms with Crippen LogP contribution < -0.4 is 0 Å². The van der Waals surface area contributed by atoms with Crippen LogP contribution in [0.4, 0.5) is 0 Å². The largest absolute Gasteiger partial charge is 0.468 e. The number of hydrogen-bond acceptors (Lipinski definition) is 2. The summed E-state index contributed by atoms with van der Waals surface area (Å²) in [4.78, 5) is 9.18. The van der Waals surface area contributed by atoms with Crippen LogP contribution in [0.3, 0.4) is 0 Å². The summed E-state index contributed by atoms with van der Waals surface area (Å²) in [6.45, 7) is 6.66. The van der Waals surface area contributed by atoms with E-state index in [1.54, 1.807) is 6.92 Å². The molecule has 1 aliphatic carbocycles. The van der Waals surface area contributed by atoms with Gasteiger partial charge in [-0.05, 0) is 43.4 Å². The standard InChI is InChI=1S/C9H9Br.C3H6O2.C2H6/c10-9-3-1-2-8(6-9)7-4-5-7;1-2-5-3-4;1-2/h1-3,6-7H,4-5H2;3H,2H2,1H3;1-2H3. The van der Waals surface area contributed by atoms with Gasteiger partial charge in [0.1, 0.15) is 0 Å². The number of carbonyl (C=O) groups is 1. The predicted octanol–water partition coefficient (Wildman–Crippen LogP) is 4.53. The minimum Gasteiger partial charge on any atom is -0.468 e. The van der Waals surface area contributed by atoms with Gasteiger partial charge in [-0.3, -0.25) is 4.79 Å². The molecule has 1 aliphatic rings. The first kappa shape index (κ1) is 16.2. The molecule has 1 saturated carbocycles.